The first-order valence-electron chi connectivity index (χ1n) is 6.36. The molecule has 0 aromatic heterocycles. The summed E-state index contributed by atoms with van der Waals surface area (Å²) in [7, 11) is 0. The van der Waals surface area contributed by atoms with E-state index in [1.165, 1.54) is 11.1 Å². The number of hydrogen-bond donors (Lipinski definition) is 2. The molecule has 1 fully saturated rings. The Morgan fingerprint density at radius 3 is 2.59 bits per heavy atom. The zero-order chi connectivity index (χ0) is 12.1. The van der Waals surface area contributed by atoms with Crippen LogP contribution in [0.5, 0.6) is 0 Å². The summed E-state index contributed by atoms with van der Waals surface area (Å²) in [5.41, 5.74) is 2.73. The quantitative estimate of drug-likeness (QED) is 0.821. The number of carbonyl (C=O) groups is 1. The smallest absolute Gasteiger partial charge is 0.234 e. The second kappa shape index (κ2) is 5.82. The van der Waals surface area contributed by atoms with Gasteiger partial charge in [0.15, 0.2) is 0 Å². The average Bonchev–Trinajstić information content (AvgIpc) is 2.37. The minimum Gasteiger partial charge on any atom is -0.351 e. The highest BCUT2D eigenvalue weighted by molar-refractivity contribution is 5.79. The summed E-state index contributed by atoms with van der Waals surface area (Å²) in [4.78, 5) is 11.2. The van der Waals surface area contributed by atoms with E-state index < -0.39 is 0 Å². The maximum atomic E-state index is 11.2. The normalized spacial score (nSPS) is 20.1. The molecule has 2 N–H and O–H groups in total. The summed E-state index contributed by atoms with van der Waals surface area (Å²) >= 11 is 0. The molecular weight excluding hydrogens is 212 g/mol. The molecule has 0 bridgehead atoms. The van der Waals surface area contributed by atoms with E-state index in [4.69, 9.17) is 0 Å². The average molecular weight is 232 g/mol. The minimum atomic E-state index is 0.114. The van der Waals surface area contributed by atoms with Crippen LogP contribution >= 0.6 is 0 Å². The van der Waals surface area contributed by atoms with Gasteiger partial charge in [0.05, 0.1) is 6.54 Å². The van der Waals surface area contributed by atoms with Crippen LogP contribution in [0.4, 0.5) is 0 Å². The van der Waals surface area contributed by atoms with Crippen molar-refractivity contribution in [2.75, 3.05) is 13.1 Å². The van der Waals surface area contributed by atoms with Crippen molar-refractivity contribution >= 4 is 5.91 Å². The Kier molecular flexibility index (Phi) is 4.15. The molecule has 0 saturated carbocycles. The molecular formula is C14H20N2O. The van der Waals surface area contributed by atoms with Crippen LogP contribution in [0.2, 0.25) is 0 Å². The van der Waals surface area contributed by atoms with E-state index in [1.807, 2.05) is 0 Å². The summed E-state index contributed by atoms with van der Waals surface area (Å²) in [6, 6.07) is 9.04. The fourth-order valence-corrected chi connectivity index (χ4v) is 2.15. The van der Waals surface area contributed by atoms with Crippen molar-refractivity contribution in [1.82, 2.24) is 10.6 Å². The fourth-order valence-electron chi connectivity index (χ4n) is 2.15. The van der Waals surface area contributed by atoms with Gasteiger partial charge >= 0.3 is 0 Å². The molecule has 2 rings (SSSR count). The van der Waals surface area contributed by atoms with Crippen LogP contribution in [-0.2, 0) is 17.6 Å². The molecule has 0 spiro atoms. The minimum absolute atomic E-state index is 0.114. The number of nitrogens with one attached hydrogen (secondary N) is 2. The van der Waals surface area contributed by atoms with Crippen molar-refractivity contribution in [3.05, 3.63) is 35.4 Å². The molecule has 17 heavy (non-hydrogen) atoms. The molecule has 1 atom stereocenters. The van der Waals surface area contributed by atoms with E-state index in [9.17, 15) is 4.79 Å². The summed E-state index contributed by atoms with van der Waals surface area (Å²) in [5.74, 6) is 0.114. The number of hydrogen-bond acceptors (Lipinski definition) is 2. The van der Waals surface area contributed by atoms with Gasteiger partial charge in [0.25, 0.3) is 0 Å². The van der Waals surface area contributed by atoms with Gasteiger partial charge in [0, 0.05) is 12.6 Å². The third-order valence-corrected chi connectivity index (χ3v) is 3.25. The van der Waals surface area contributed by atoms with Crippen molar-refractivity contribution in [2.45, 2.75) is 32.2 Å². The third-order valence-electron chi connectivity index (χ3n) is 3.25. The molecule has 3 nitrogen and oxygen atoms in total. The number of piperazine rings is 1. The molecule has 3 heteroatoms. The number of carbonyl (C=O) groups excluding carboxylic acids is 1. The van der Waals surface area contributed by atoms with Gasteiger partial charge in [-0.3, -0.25) is 4.79 Å². The molecule has 1 aliphatic rings. The molecule has 0 aliphatic carbocycles. The standard InChI is InChI=1S/C14H20N2O/c1-2-11-3-5-12(6-4-11)7-8-13-9-15-10-14(17)16-13/h3-6,13,15H,2,7-10H2,1H3,(H,16,17). The van der Waals surface area contributed by atoms with Crippen LogP contribution in [0.3, 0.4) is 0 Å². The van der Waals surface area contributed by atoms with Gasteiger partial charge in [0.1, 0.15) is 0 Å². The Morgan fingerprint density at radius 2 is 1.94 bits per heavy atom. The maximum Gasteiger partial charge on any atom is 0.234 e. The lowest BCUT2D eigenvalue weighted by Gasteiger charge is -2.24. The van der Waals surface area contributed by atoms with Crippen LogP contribution in [0.25, 0.3) is 0 Å². The van der Waals surface area contributed by atoms with Gasteiger partial charge in [-0.05, 0) is 30.4 Å². The number of amides is 1. The lowest BCUT2D eigenvalue weighted by molar-refractivity contribution is -0.122. The molecule has 1 heterocycles. The van der Waals surface area contributed by atoms with Crippen LogP contribution < -0.4 is 10.6 Å². The summed E-state index contributed by atoms with van der Waals surface area (Å²) in [5, 5.41) is 6.13. The van der Waals surface area contributed by atoms with Gasteiger partial charge < -0.3 is 10.6 Å². The highest BCUT2D eigenvalue weighted by atomic mass is 16.2. The van der Waals surface area contributed by atoms with Crippen molar-refractivity contribution in [2.24, 2.45) is 0 Å². The SMILES string of the molecule is CCc1ccc(CCC2CNCC(=O)N2)cc1. The van der Waals surface area contributed by atoms with E-state index >= 15 is 0 Å². The van der Waals surface area contributed by atoms with E-state index in [1.54, 1.807) is 0 Å². The Hall–Kier alpha value is -1.35. The van der Waals surface area contributed by atoms with Crippen LogP contribution in [0.1, 0.15) is 24.5 Å². The molecule has 1 saturated heterocycles. The number of benzene rings is 1. The van der Waals surface area contributed by atoms with Gasteiger partial charge in [-0.15, -0.1) is 0 Å². The highest BCUT2D eigenvalue weighted by Crippen LogP contribution is 2.09. The zero-order valence-electron chi connectivity index (χ0n) is 10.3. The Bertz CT molecular complexity index is 372. The Morgan fingerprint density at radius 1 is 1.24 bits per heavy atom. The van der Waals surface area contributed by atoms with Crippen molar-refractivity contribution in [3.8, 4) is 0 Å². The first-order chi connectivity index (χ1) is 8.28. The monoisotopic (exact) mass is 232 g/mol. The van der Waals surface area contributed by atoms with E-state index in [0.717, 1.165) is 25.8 Å². The summed E-state index contributed by atoms with van der Waals surface area (Å²) in [6.07, 6.45) is 3.11. The predicted octanol–water partition coefficient (Wildman–Crippen LogP) is 1.27. The molecule has 1 aliphatic heterocycles. The van der Waals surface area contributed by atoms with Crippen LogP contribution in [0.15, 0.2) is 24.3 Å². The van der Waals surface area contributed by atoms with Crippen LogP contribution in [0, 0.1) is 0 Å². The second-order valence-corrected chi connectivity index (χ2v) is 4.60. The molecule has 1 aromatic rings. The van der Waals surface area contributed by atoms with Crippen molar-refractivity contribution in [3.63, 3.8) is 0 Å². The zero-order valence-corrected chi connectivity index (χ0v) is 10.3. The maximum absolute atomic E-state index is 11.2. The van der Waals surface area contributed by atoms with E-state index in [2.05, 4.69) is 41.8 Å². The lowest BCUT2D eigenvalue weighted by Crippen LogP contribution is -2.52. The van der Waals surface area contributed by atoms with E-state index in [-0.39, 0.29) is 11.9 Å². The molecule has 0 radical (unpaired) electrons. The van der Waals surface area contributed by atoms with Gasteiger partial charge in [0.2, 0.25) is 5.91 Å². The van der Waals surface area contributed by atoms with Gasteiger partial charge in [-0.2, -0.15) is 0 Å². The second-order valence-electron chi connectivity index (χ2n) is 4.60. The topological polar surface area (TPSA) is 41.1 Å². The van der Waals surface area contributed by atoms with Gasteiger partial charge in [-0.25, -0.2) is 0 Å². The summed E-state index contributed by atoms with van der Waals surface area (Å²) in [6.45, 7) is 3.51. The molecule has 1 amide bonds. The van der Waals surface area contributed by atoms with Crippen molar-refractivity contribution < 1.29 is 4.79 Å². The lowest BCUT2D eigenvalue weighted by atomic mass is 10.0. The molecule has 1 unspecified atom stereocenters. The third kappa shape index (κ3) is 3.56. The van der Waals surface area contributed by atoms with E-state index in [0.29, 0.717) is 6.54 Å². The number of aryl methyl sites for hydroxylation is 2. The largest absolute Gasteiger partial charge is 0.351 e. The van der Waals surface area contributed by atoms with Crippen LogP contribution in [-0.4, -0.2) is 25.0 Å². The molecule has 92 valence electrons. The van der Waals surface area contributed by atoms with Crippen molar-refractivity contribution in [1.29, 1.82) is 0 Å². The summed E-state index contributed by atoms with van der Waals surface area (Å²) < 4.78 is 0. The molecule has 1 aromatic carbocycles. The predicted molar refractivity (Wildman–Crippen MR) is 68.9 cm³/mol. The fraction of sp³-hybridized carbons (Fsp3) is 0.500. The Balaban J connectivity index is 1.82. The Labute approximate surface area is 103 Å². The van der Waals surface area contributed by atoms with Gasteiger partial charge in [-0.1, -0.05) is 31.2 Å². The first kappa shape index (κ1) is 12.1. The number of rotatable bonds is 4. The highest BCUT2D eigenvalue weighted by Gasteiger charge is 2.16. The first-order valence-corrected chi connectivity index (χ1v) is 6.36.